The Balaban J connectivity index is 2.52. The topological polar surface area (TPSA) is 12.0 Å². The molecule has 4 heteroatoms. The van der Waals surface area contributed by atoms with E-state index >= 15 is 0 Å². The summed E-state index contributed by atoms with van der Waals surface area (Å²) in [5.41, 5.74) is 0.701. The minimum atomic E-state index is -2.76. The van der Waals surface area contributed by atoms with Crippen molar-refractivity contribution in [3.05, 3.63) is 34.3 Å². The average molecular weight is 218 g/mol. The molecule has 0 saturated heterocycles. The van der Waals surface area contributed by atoms with Crippen LogP contribution in [-0.4, -0.2) is 6.54 Å². The van der Waals surface area contributed by atoms with Crippen LogP contribution in [0.2, 0.25) is 5.02 Å². The van der Waals surface area contributed by atoms with Gasteiger partial charge in [0.1, 0.15) is 0 Å². The van der Waals surface area contributed by atoms with Gasteiger partial charge in [0.2, 0.25) is 0 Å². The molecule has 1 aromatic rings. The normalized spacial score (nSPS) is 19.9. The quantitative estimate of drug-likeness (QED) is 0.705. The summed E-state index contributed by atoms with van der Waals surface area (Å²) in [5, 5.41) is 3.32. The standard InChI is InChI=1S/C10H10ClF2N/c11-8-2-1-7-6-14-4-3-10(12,13)9(7)5-8/h1-2,5,14H,3-4,6H2. The van der Waals surface area contributed by atoms with Crippen molar-refractivity contribution in [2.75, 3.05) is 6.54 Å². The molecule has 0 atom stereocenters. The first-order valence-corrected chi connectivity index (χ1v) is 4.85. The van der Waals surface area contributed by atoms with E-state index in [2.05, 4.69) is 5.32 Å². The van der Waals surface area contributed by atoms with Crippen molar-refractivity contribution in [3.8, 4) is 0 Å². The van der Waals surface area contributed by atoms with Crippen LogP contribution in [0.4, 0.5) is 8.78 Å². The van der Waals surface area contributed by atoms with Crippen LogP contribution in [0.5, 0.6) is 0 Å². The summed E-state index contributed by atoms with van der Waals surface area (Å²) >= 11 is 5.70. The lowest BCUT2D eigenvalue weighted by Gasteiger charge is -2.16. The molecule has 0 aromatic heterocycles. The van der Waals surface area contributed by atoms with Crippen molar-refractivity contribution in [1.82, 2.24) is 5.32 Å². The first kappa shape index (κ1) is 9.87. The number of nitrogens with one attached hydrogen (secondary N) is 1. The van der Waals surface area contributed by atoms with Gasteiger partial charge in [-0.25, -0.2) is 8.78 Å². The third kappa shape index (κ3) is 1.74. The van der Waals surface area contributed by atoms with Gasteiger partial charge < -0.3 is 5.32 Å². The van der Waals surface area contributed by atoms with E-state index in [0.29, 0.717) is 23.7 Å². The summed E-state index contributed by atoms with van der Waals surface area (Å²) in [7, 11) is 0. The van der Waals surface area contributed by atoms with Crippen LogP contribution in [-0.2, 0) is 12.5 Å². The second-order valence-corrected chi connectivity index (χ2v) is 3.87. The van der Waals surface area contributed by atoms with Gasteiger partial charge in [-0.3, -0.25) is 0 Å². The number of halogens is 3. The van der Waals surface area contributed by atoms with Crippen LogP contribution in [0.25, 0.3) is 0 Å². The molecule has 1 N–H and O–H groups in total. The second kappa shape index (κ2) is 3.48. The van der Waals surface area contributed by atoms with Crippen molar-refractivity contribution >= 4 is 11.6 Å². The molecule has 0 spiro atoms. The van der Waals surface area contributed by atoms with E-state index in [9.17, 15) is 8.78 Å². The van der Waals surface area contributed by atoms with E-state index in [1.54, 1.807) is 12.1 Å². The van der Waals surface area contributed by atoms with Crippen LogP contribution < -0.4 is 5.32 Å². The Bertz CT molecular complexity index is 352. The van der Waals surface area contributed by atoms with Crippen molar-refractivity contribution in [2.24, 2.45) is 0 Å². The largest absolute Gasteiger partial charge is 0.312 e. The van der Waals surface area contributed by atoms with Crippen LogP contribution in [0.3, 0.4) is 0 Å². The Hall–Kier alpha value is -0.670. The highest BCUT2D eigenvalue weighted by atomic mass is 35.5. The van der Waals surface area contributed by atoms with Crippen molar-refractivity contribution in [3.63, 3.8) is 0 Å². The number of benzene rings is 1. The Morgan fingerprint density at radius 3 is 2.93 bits per heavy atom. The lowest BCUT2D eigenvalue weighted by atomic mass is 10.0. The van der Waals surface area contributed by atoms with Crippen LogP contribution in [0.15, 0.2) is 18.2 Å². The molecule has 2 rings (SSSR count). The van der Waals surface area contributed by atoms with Crippen molar-refractivity contribution in [2.45, 2.75) is 18.9 Å². The molecule has 0 aliphatic carbocycles. The zero-order valence-corrected chi connectivity index (χ0v) is 8.24. The molecule has 0 saturated carbocycles. The van der Waals surface area contributed by atoms with Gasteiger partial charge in [-0.15, -0.1) is 0 Å². The number of rotatable bonds is 0. The lowest BCUT2D eigenvalue weighted by Crippen LogP contribution is -2.17. The zero-order valence-electron chi connectivity index (χ0n) is 7.49. The molecule has 1 aliphatic heterocycles. The Labute approximate surface area is 86.1 Å². The highest BCUT2D eigenvalue weighted by Crippen LogP contribution is 2.36. The fraction of sp³-hybridized carbons (Fsp3) is 0.400. The molecular formula is C10H10ClF2N. The molecule has 1 heterocycles. The van der Waals surface area contributed by atoms with E-state index in [4.69, 9.17) is 11.6 Å². The number of fused-ring (bicyclic) bond motifs is 1. The van der Waals surface area contributed by atoms with E-state index < -0.39 is 5.92 Å². The maximum atomic E-state index is 13.5. The minimum Gasteiger partial charge on any atom is -0.312 e. The predicted molar refractivity (Wildman–Crippen MR) is 51.7 cm³/mol. The van der Waals surface area contributed by atoms with E-state index in [-0.39, 0.29) is 12.0 Å². The van der Waals surface area contributed by atoms with Crippen LogP contribution in [0, 0.1) is 0 Å². The van der Waals surface area contributed by atoms with Gasteiger partial charge in [-0.1, -0.05) is 17.7 Å². The molecule has 0 bridgehead atoms. The minimum absolute atomic E-state index is 0.0648. The predicted octanol–water partition coefficient (Wildman–Crippen LogP) is 2.93. The van der Waals surface area contributed by atoms with Crippen molar-refractivity contribution in [1.29, 1.82) is 0 Å². The molecule has 0 fully saturated rings. The Morgan fingerprint density at radius 1 is 1.36 bits per heavy atom. The van der Waals surface area contributed by atoms with Gasteiger partial charge in [0.15, 0.2) is 0 Å². The highest BCUT2D eigenvalue weighted by Gasteiger charge is 2.34. The van der Waals surface area contributed by atoms with Crippen LogP contribution in [0.1, 0.15) is 17.5 Å². The monoisotopic (exact) mass is 217 g/mol. The zero-order chi connectivity index (χ0) is 10.2. The summed E-state index contributed by atoms with van der Waals surface area (Å²) < 4.78 is 27.1. The molecule has 1 nitrogen and oxygen atoms in total. The summed E-state index contributed by atoms with van der Waals surface area (Å²) in [4.78, 5) is 0. The third-order valence-corrected chi connectivity index (χ3v) is 2.63. The van der Waals surface area contributed by atoms with Gasteiger partial charge >= 0.3 is 0 Å². The van der Waals surface area contributed by atoms with E-state index in [1.807, 2.05) is 0 Å². The fourth-order valence-electron chi connectivity index (χ4n) is 1.65. The number of hydrogen-bond donors (Lipinski definition) is 1. The second-order valence-electron chi connectivity index (χ2n) is 3.43. The first-order valence-electron chi connectivity index (χ1n) is 4.47. The molecule has 0 amide bonds. The molecular weight excluding hydrogens is 208 g/mol. The molecule has 0 radical (unpaired) electrons. The van der Waals surface area contributed by atoms with Gasteiger partial charge in [0.05, 0.1) is 0 Å². The summed E-state index contributed by atoms with van der Waals surface area (Å²) in [6, 6.07) is 4.66. The van der Waals surface area contributed by atoms with E-state index in [0.717, 1.165) is 0 Å². The maximum absolute atomic E-state index is 13.5. The Morgan fingerprint density at radius 2 is 2.14 bits per heavy atom. The fourth-order valence-corrected chi connectivity index (χ4v) is 1.82. The summed E-state index contributed by atoms with van der Waals surface area (Å²) in [6.07, 6.45) is -0.166. The van der Waals surface area contributed by atoms with Crippen molar-refractivity contribution < 1.29 is 8.78 Å². The van der Waals surface area contributed by atoms with Gasteiger partial charge in [0, 0.05) is 30.1 Å². The Kier molecular flexibility index (Phi) is 2.45. The molecule has 76 valence electrons. The average Bonchev–Trinajstić information content (AvgIpc) is 2.26. The van der Waals surface area contributed by atoms with E-state index in [1.165, 1.54) is 6.07 Å². The summed E-state index contributed by atoms with van der Waals surface area (Å²) in [6.45, 7) is 0.821. The van der Waals surface area contributed by atoms with Crippen LogP contribution >= 0.6 is 11.6 Å². The van der Waals surface area contributed by atoms with Gasteiger partial charge in [-0.2, -0.15) is 0 Å². The first-order chi connectivity index (χ1) is 6.59. The molecule has 14 heavy (non-hydrogen) atoms. The van der Waals surface area contributed by atoms with Gasteiger partial charge in [-0.05, 0) is 17.7 Å². The highest BCUT2D eigenvalue weighted by molar-refractivity contribution is 6.30. The molecule has 1 aromatic carbocycles. The third-order valence-electron chi connectivity index (χ3n) is 2.40. The summed E-state index contributed by atoms with van der Waals surface area (Å²) in [5.74, 6) is -2.76. The number of hydrogen-bond acceptors (Lipinski definition) is 1. The number of alkyl halides is 2. The van der Waals surface area contributed by atoms with Gasteiger partial charge in [0.25, 0.3) is 5.92 Å². The smallest absolute Gasteiger partial charge is 0.274 e. The SMILES string of the molecule is FC1(F)CCNCc2ccc(Cl)cc21. The molecule has 0 unspecified atom stereocenters. The molecule has 1 aliphatic rings. The lowest BCUT2D eigenvalue weighted by molar-refractivity contribution is -0.0106. The maximum Gasteiger partial charge on any atom is 0.274 e.